The van der Waals surface area contributed by atoms with E-state index in [2.05, 4.69) is 19.7 Å². The summed E-state index contributed by atoms with van der Waals surface area (Å²) in [7, 11) is 1.98. The van der Waals surface area contributed by atoms with Crippen LogP contribution in [0.15, 0.2) is 85.2 Å². The molecule has 0 aromatic heterocycles. The number of hydrogen-bond acceptors (Lipinski definition) is 2. The lowest BCUT2D eigenvalue weighted by atomic mass is 10.2. The van der Waals surface area contributed by atoms with Gasteiger partial charge in [0, 0.05) is 7.05 Å². The Morgan fingerprint density at radius 2 is 1.56 bits per heavy atom. The topological polar surface area (TPSA) is 12.5 Å². The van der Waals surface area contributed by atoms with Crippen LogP contribution < -0.4 is 0 Å². The molecule has 0 unspecified atom stereocenters. The van der Waals surface area contributed by atoms with E-state index in [1.165, 1.54) is 0 Å². The molecule has 0 bridgehead atoms. The maximum Gasteiger partial charge on any atom is 0.150 e. The molecule has 2 heteroatoms. The first-order chi connectivity index (χ1) is 8.69. The zero-order valence-electron chi connectivity index (χ0n) is 11.0. The number of nitrogens with zero attached hydrogens (tertiary/aromatic N) is 1. The second-order valence-electron chi connectivity index (χ2n) is 3.66. The van der Waals surface area contributed by atoms with Crippen LogP contribution in [0.1, 0.15) is 6.92 Å². The third kappa shape index (κ3) is 2.72. The Labute approximate surface area is 109 Å². The van der Waals surface area contributed by atoms with Crippen molar-refractivity contribution in [3.8, 4) is 0 Å². The maximum atomic E-state index is 5.77. The molecule has 1 aliphatic rings. The van der Waals surface area contributed by atoms with Gasteiger partial charge in [-0.05, 0) is 31.2 Å². The Bertz CT molecular complexity index is 475. The summed E-state index contributed by atoms with van der Waals surface area (Å²) in [6.45, 7) is 13.2. The van der Waals surface area contributed by atoms with E-state index < -0.39 is 0 Å². The summed E-state index contributed by atoms with van der Waals surface area (Å²) in [6.07, 6.45) is 12.9. The largest absolute Gasteiger partial charge is 0.453 e. The van der Waals surface area contributed by atoms with Crippen molar-refractivity contribution in [3.05, 3.63) is 85.2 Å². The fraction of sp³-hybridized carbons (Fsp3) is 0.125. The van der Waals surface area contributed by atoms with E-state index in [4.69, 9.17) is 4.74 Å². The van der Waals surface area contributed by atoms with E-state index >= 15 is 0 Å². The summed E-state index contributed by atoms with van der Waals surface area (Å²) in [4.78, 5) is 2.04. The molecule has 0 atom stereocenters. The predicted octanol–water partition coefficient (Wildman–Crippen LogP) is 4.06. The van der Waals surface area contributed by atoms with Gasteiger partial charge in [-0.3, -0.25) is 0 Å². The average molecular weight is 241 g/mol. The molecule has 0 aromatic rings. The standard InChI is InChI=1S/C16H19NO/c1-6-10-12-14-16(9-4)18-15(8-3)13(11-7-2)17(14)5/h6-12H,1,3-4H2,2,5H3/b11-7-,12-10-. The smallest absolute Gasteiger partial charge is 0.150 e. The molecule has 0 amide bonds. The van der Waals surface area contributed by atoms with Crippen LogP contribution in [-0.2, 0) is 4.74 Å². The molecule has 0 saturated heterocycles. The van der Waals surface area contributed by atoms with Crippen LogP contribution in [0, 0.1) is 0 Å². The Balaban J connectivity index is 3.29. The van der Waals surface area contributed by atoms with Gasteiger partial charge in [0.15, 0.2) is 11.5 Å². The minimum absolute atomic E-state index is 0.707. The molecular weight excluding hydrogens is 222 g/mol. The van der Waals surface area contributed by atoms with Gasteiger partial charge in [0.2, 0.25) is 0 Å². The van der Waals surface area contributed by atoms with Gasteiger partial charge in [-0.15, -0.1) is 0 Å². The molecular formula is C16H19NO. The SMILES string of the molecule is C=C/C=C\C1=C(C=C)OC(C=C)=C(/C=C\C)N1C. The molecule has 0 N–H and O–H groups in total. The molecule has 0 radical (unpaired) electrons. The number of allylic oxidation sites excluding steroid dienone is 7. The van der Waals surface area contributed by atoms with E-state index in [9.17, 15) is 0 Å². The highest BCUT2D eigenvalue weighted by molar-refractivity contribution is 5.42. The Hall–Kier alpha value is -2.22. The minimum atomic E-state index is 0.707. The molecule has 1 aliphatic heterocycles. The first-order valence-corrected chi connectivity index (χ1v) is 5.76. The van der Waals surface area contributed by atoms with Gasteiger partial charge in [-0.2, -0.15) is 0 Å². The quantitative estimate of drug-likeness (QED) is 0.673. The molecule has 0 aromatic carbocycles. The molecule has 1 heterocycles. The van der Waals surface area contributed by atoms with Crippen LogP contribution in [0.4, 0.5) is 0 Å². The van der Waals surface area contributed by atoms with Crippen LogP contribution in [0.3, 0.4) is 0 Å². The second kappa shape index (κ2) is 6.50. The van der Waals surface area contributed by atoms with E-state index in [0.29, 0.717) is 5.76 Å². The molecule has 94 valence electrons. The number of ether oxygens (including phenoxy) is 1. The fourth-order valence-electron chi connectivity index (χ4n) is 1.68. The number of hydrogen-bond donors (Lipinski definition) is 0. The summed E-state index contributed by atoms with van der Waals surface area (Å²) in [5.41, 5.74) is 1.89. The van der Waals surface area contributed by atoms with Crippen LogP contribution in [0.25, 0.3) is 0 Å². The molecule has 1 rings (SSSR count). The van der Waals surface area contributed by atoms with Crippen LogP contribution >= 0.6 is 0 Å². The molecule has 0 fully saturated rings. The summed E-state index contributed by atoms with van der Waals surface area (Å²) in [5.74, 6) is 1.43. The van der Waals surface area contributed by atoms with Crippen molar-refractivity contribution in [1.82, 2.24) is 4.90 Å². The average Bonchev–Trinajstić information content (AvgIpc) is 2.39. The highest BCUT2D eigenvalue weighted by Gasteiger charge is 2.20. The fourth-order valence-corrected chi connectivity index (χ4v) is 1.68. The van der Waals surface area contributed by atoms with E-state index in [0.717, 1.165) is 17.2 Å². The third-order valence-corrected chi connectivity index (χ3v) is 2.53. The highest BCUT2D eigenvalue weighted by atomic mass is 16.5. The van der Waals surface area contributed by atoms with Crippen molar-refractivity contribution in [3.63, 3.8) is 0 Å². The number of rotatable bonds is 5. The first kappa shape index (κ1) is 13.8. The van der Waals surface area contributed by atoms with Gasteiger partial charge in [-0.1, -0.05) is 38.0 Å². The van der Waals surface area contributed by atoms with E-state index in [-0.39, 0.29) is 0 Å². The lowest BCUT2D eigenvalue weighted by Crippen LogP contribution is -2.23. The second-order valence-corrected chi connectivity index (χ2v) is 3.66. The van der Waals surface area contributed by atoms with Gasteiger partial charge < -0.3 is 9.64 Å². The Kier molecular flexibility index (Phi) is 5.00. The Morgan fingerprint density at radius 1 is 1.00 bits per heavy atom. The van der Waals surface area contributed by atoms with Gasteiger partial charge in [0.1, 0.15) is 0 Å². The van der Waals surface area contributed by atoms with Gasteiger partial charge >= 0.3 is 0 Å². The minimum Gasteiger partial charge on any atom is -0.453 e. The van der Waals surface area contributed by atoms with Crippen molar-refractivity contribution in [2.45, 2.75) is 6.92 Å². The summed E-state index contributed by atoms with van der Waals surface area (Å²) >= 11 is 0. The lowest BCUT2D eigenvalue weighted by molar-refractivity contribution is 0.280. The van der Waals surface area contributed by atoms with Crippen LogP contribution in [-0.4, -0.2) is 11.9 Å². The third-order valence-electron chi connectivity index (χ3n) is 2.53. The first-order valence-electron chi connectivity index (χ1n) is 5.76. The summed E-state index contributed by atoms with van der Waals surface area (Å²) in [6, 6.07) is 0. The maximum absolute atomic E-state index is 5.77. The van der Waals surface area contributed by atoms with Crippen molar-refractivity contribution in [1.29, 1.82) is 0 Å². The highest BCUT2D eigenvalue weighted by Crippen LogP contribution is 2.29. The van der Waals surface area contributed by atoms with E-state index in [1.807, 2.05) is 43.2 Å². The molecule has 2 nitrogen and oxygen atoms in total. The zero-order chi connectivity index (χ0) is 13.5. The van der Waals surface area contributed by atoms with Gasteiger partial charge in [-0.25, -0.2) is 0 Å². The lowest BCUT2D eigenvalue weighted by Gasteiger charge is -2.30. The Morgan fingerprint density at radius 3 is 2.00 bits per heavy atom. The molecule has 0 saturated carbocycles. The monoisotopic (exact) mass is 241 g/mol. The van der Waals surface area contributed by atoms with Crippen molar-refractivity contribution in [2.24, 2.45) is 0 Å². The van der Waals surface area contributed by atoms with E-state index in [1.54, 1.807) is 18.2 Å². The van der Waals surface area contributed by atoms with Gasteiger partial charge in [0.05, 0.1) is 11.4 Å². The van der Waals surface area contributed by atoms with Crippen LogP contribution in [0.5, 0.6) is 0 Å². The molecule has 0 spiro atoms. The zero-order valence-corrected chi connectivity index (χ0v) is 11.0. The van der Waals surface area contributed by atoms with Gasteiger partial charge in [0.25, 0.3) is 0 Å². The molecule has 0 aliphatic carbocycles. The van der Waals surface area contributed by atoms with Crippen LogP contribution in [0.2, 0.25) is 0 Å². The summed E-state index contributed by atoms with van der Waals surface area (Å²) < 4.78 is 5.77. The molecule has 18 heavy (non-hydrogen) atoms. The normalized spacial score (nSPS) is 16.4. The predicted molar refractivity (Wildman–Crippen MR) is 77.4 cm³/mol. The van der Waals surface area contributed by atoms with Crippen molar-refractivity contribution in [2.75, 3.05) is 7.05 Å². The van der Waals surface area contributed by atoms with Crippen molar-refractivity contribution >= 4 is 0 Å². The number of likely N-dealkylation sites (N-methyl/N-ethyl adjacent to an activating group) is 1. The van der Waals surface area contributed by atoms with Crippen molar-refractivity contribution < 1.29 is 4.74 Å². The summed E-state index contributed by atoms with van der Waals surface area (Å²) in [5, 5.41) is 0.